The first-order chi connectivity index (χ1) is 33.1. The number of hydrogen-bond acceptors (Lipinski definition) is 11. The molecular weight excluding hydrogens is 885 g/mol. The van der Waals surface area contributed by atoms with E-state index in [-0.39, 0.29) is 19.6 Å². The van der Waals surface area contributed by atoms with Gasteiger partial charge in [0, 0.05) is 13.0 Å². The van der Waals surface area contributed by atoms with E-state index >= 15 is 0 Å². The van der Waals surface area contributed by atoms with Gasteiger partial charge in [0.05, 0.1) is 19.8 Å². The molecule has 0 bridgehead atoms. The van der Waals surface area contributed by atoms with Gasteiger partial charge in [-0.15, -0.1) is 0 Å². The molecule has 0 amide bonds. The predicted octanol–water partition coefficient (Wildman–Crippen LogP) is 12.6. The molecule has 1 fully saturated rings. The summed E-state index contributed by atoms with van der Waals surface area (Å²) in [5.41, 5.74) is 0. The average molecular weight is 981 g/mol. The van der Waals surface area contributed by atoms with E-state index in [0.717, 1.165) is 83.5 Å². The summed E-state index contributed by atoms with van der Waals surface area (Å²) >= 11 is 0. The highest BCUT2D eigenvalue weighted by Crippen LogP contribution is 2.26. The van der Waals surface area contributed by atoms with E-state index in [1.165, 1.54) is 96.3 Å². The van der Waals surface area contributed by atoms with Crippen LogP contribution in [-0.2, 0) is 38.3 Å². The Balaban J connectivity index is 2.35. The van der Waals surface area contributed by atoms with Gasteiger partial charge >= 0.3 is 16.4 Å². The van der Waals surface area contributed by atoms with Gasteiger partial charge in [0.2, 0.25) is 0 Å². The zero-order valence-corrected chi connectivity index (χ0v) is 43.2. The van der Waals surface area contributed by atoms with Gasteiger partial charge in [-0.1, -0.05) is 189 Å². The van der Waals surface area contributed by atoms with Crippen molar-refractivity contribution in [3.63, 3.8) is 0 Å². The lowest BCUT2D eigenvalue weighted by Crippen LogP contribution is -2.60. The Labute approximate surface area is 413 Å². The van der Waals surface area contributed by atoms with Crippen LogP contribution in [0.15, 0.2) is 72.9 Å². The molecule has 0 saturated carbocycles. The van der Waals surface area contributed by atoms with Crippen molar-refractivity contribution in [3.8, 4) is 0 Å². The highest BCUT2D eigenvalue weighted by Gasteiger charge is 2.48. The van der Waals surface area contributed by atoms with Gasteiger partial charge in [-0.2, -0.15) is 8.42 Å². The van der Waals surface area contributed by atoms with Crippen molar-refractivity contribution in [2.45, 2.75) is 243 Å². The van der Waals surface area contributed by atoms with Crippen LogP contribution in [0.25, 0.3) is 0 Å². The fraction of sp³-hybridized carbons (Fsp3) is 0.764. The third-order valence-electron chi connectivity index (χ3n) is 11.8. The van der Waals surface area contributed by atoms with Gasteiger partial charge in [-0.25, -0.2) is 4.18 Å². The maximum atomic E-state index is 12.9. The van der Waals surface area contributed by atoms with Crippen LogP contribution in [0.2, 0.25) is 0 Å². The Hall–Kier alpha value is -2.46. The van der Waals surface area contributed by atoms with E-state index in [1.807, 2.05) is 0 Å². The van der Waals surface area contributed by atoms with Gasteiger partial charge in [0.1, 0.15) is 30.5 Å². The Morgan fingerprint density at radius 2 is 1.01 bits per heavy atom. The summed E-state index contributed by atoms with van der Waals surface area (Å²) in [4.78, 5) is 12.9. The quantitative estimate of drug-likeness (QED) is 0.0197. The number of esters is 1. The van der Waals surface area contributed by atoms with E-state index in [2.05, 4.69) is 90.9 Å². The summed E-state index contributed by atoms with van der Waals surface area (Å²) in [5.74, 6) is -0.408. The molecule has 4 N–H and O–H groups in total. The van der Waals surface area contributed by atoms with Crippen LogP contribution in [0.5, 0.6) is 0 Å². The van der Waals surface area contributed by atoms with Crippen molar-refractivity contribution in [2.24, 2.45) is 0 Å². The molecule has 1 saturated heterocycles. The van der Waals surface area contributed by atoms with Gasteiger partial charge in [-0.3, -0.25) is 9.35 Å². The van der Waals surface area contributed by atoms with Crippen LogP contribution in [-0.4, -0.2) is 97.5 Å². The molecule has 0 aromatic heterocycles. The van der Waals surface area contributed by atoms with Crippen LogP contribution >= 0.6 is 0 Å². The third kappa shape index (κ3) is 38.3. The number of rotatable bonds is 46. The zero-order valence-electron chi connectivity index (χ0n) is 42.4. The van der Waals surface area contributed by atoms with Crippen LogP contribution in [0, 0.1) is 0 Å². The average Bonchev–Trinajstić information content (AvgIpc) is 3.31. The highest BCUT2D eigenvalue weighted by atomic mass is 32.3. The molecule has 1 aliphatic rings. The summed E-state index contributed by atoms with van der Waals surface area (Å²) in [6.45, 7) is 3.86. The SMILES string of the molecule is CC/C=C\C/C=C\C/C=C\C/C=C\C/C=C\CCCCCCCCCCOCC(COC1OC(CO)C(O)C(OS(=O)(=O)O)C1O)OC(=O)CCCCCCCCC/C=C\CCCCCCCC. The number of carbonyl (C=O) groups is 1. The van der Waals surface area contributed by atoms with Crippen molar-refractivity contribution in [2.75, 3.05) is 26.4 Å². The standard InChI is InChI=1S/C55H96O12S/c1-3-5-7-9-11-13-15-17-19-21-22-23-24-25-26-27-29-31-33-35-37-39-41-43-45-63-47-49(48-64-55-53(59)54(67-68(60,61)62)52(58)50(46-56)66-55)65-51(57)44-42-40-38-36-34-32-30-28-20-18-16-14-12-10-8-6-4-2/h5,7,11,13,17-20,22-23,25-26,49-50,52-56,58-59H,3-4,6,8-10,12,14-16,21,24,27-48H2,1-2H3,(H,60,61,62)/b7-5-,13-11-,19-17-,20-18-,23-22-,26-25-. The number of allylic oxidation sites excluding steroid dienone is 12. The topological polar surface area (TPSA) is 178 Å². The molecular formula is C55H96O12S. The first-order valence-corrected chi connectivity index (χ1v) is 28.1. The first kappa shape index (κ1) is 63.6. The van der Waals surface area contributed by atoms with Crippen LogP contribution in [0.1, 0.15) is 206 Å². The molecule has 1 aliphatic heterocycles. The zero-order chi connectivity index (χ0) is 49.6. The van der Waals surface area contributed by atoms with Crippen LogP contribution < -0.4 is 0 Å². The van der Waals surface area contributed by atoms with Gasteiger partial charge in [0.25, 0.3) is 0 Å². The van der Waals surface area contributed by atoms with Crippen molar-refractivity contribution in [1.82, 2.24) is 0 Å². The third-order valence-corrected chi connectivity index (χ3v) is 12.3. The van der Waals surface area contributed by atoms with Crippen molar-refractivity contribution >= 4 is 16.4 Å². The monoisotopic (exact) mass is 981 g/mol. The van der Waals surface area contributed by atoms with E-state index in [4.69, 9.17) is 18.9 Å². The summed E-state index contributed by atoms with van der Waals surface area (Å²) in [6.07, 6.45) is 50.7. The summed E-state index contributed by atoms with van der Waals surface area (Å²) < 4.78 is 59.3. The second-order valence-corrected chi connectivity index (χ2v) is 19.1. The van der Waals surface area contributed by atoms with Gasteiger partial charge < -0.3 is 34.3 Å². The minimum atomic E-state index is -5.07. The maximum Gasteiger partial charge on any atom is 0.397 e. The summed E-state index contributed by atoms with van der Waals surface area (Å²) in [5, 5.41) is 30.8. The number of carbonyl (C=O) groups excluding carboxylic acids is 1. The molecule has 68 heavy (non-hydrogen) atoms. The molecule has 6 atom stereocenters. The Kier molecular flexibility index (Phi) is 42.7. The molecule has 394 valence electrons. The van der Waals surface area contributed by atoms with Crippen molar-refractivity contribution in [1.29, 1.82) is 0 Å². The number of hydrogen-bond donors (Lipinski definition) is 4. The van der Waals surface area contributed by atoms with E-state index in [0.29, 0.717) is 13.0 Å². The Morgan fingerprint density at radius 1 is 0.574 bits per heavy atom. The molecule has 1 rings (SSSR count). The van der Waals surface area contributed by atoms with E-state index < -0.39 is 59.8 Å². The molecule has 1 heterocycles. The van der Waals surface area contributed by atoms with Gasteiger partial charge in [-0.05, 0) is 83.5 Å². The smallest absolute Gasteiger partial charge is 0.397 e. The molecule has 0 radical (unpaired) electrons. The lowest BCUT2D eigenvalue weighted by atomic mass is 9.99. The molecule has 13 heteroatoms. The number of unbranched alkanes of at least 4 members (excludes halogenated alkanes) is 21. The minimum Gasteiger partial charge on any atom is -0.457 e. The lowest BCUT2D eigenvalue weighted by molar-refractivity contribution is -0.301. The second kappa shape index (κ2) is 45.7. The summed E-state index contributed by atoms with van der Waals surface area (Å²) in [6, 6.07) is 0. The normalized spacial score (nSPS) is 19.9. The fourth-order valence-corrected chi connectivity index (χ4v) is 8.32. The minimum absolute atomic E-state index is 0.0255. The molecule has 0 spiro atoms. The second-order valence-electron chi connectivity index (χ2n) is 18.1. The number of aliphatic hydroxyl groups is 3. The lowest BCUT2D eigenvalue weighted by Gasteiger charge is -2.41. The van der Waals surface area contributed by atoms with Gasteiger partial charge in [0.15, 0.2) is 6.29 Å². The molecule has 12 nitrogen and oxygen atoms in total. The summed E-state index contributed by atoms with van der Waals surface area (Å²) in [7, 11) is -5.07. The fourth-order valence-electron chi connectivity index (χ4n) is 7.81. The molecule has 0 aromatic rings. The predicted molar refractivity (Wildman–Crippen MR) is 276 cm³/mol. The Morgan fingerprint density at radius 3 is 1.50 bits per heavy atom. The largest absolute Gasteiger partial charge is 0.457 e. The molecule has 0 aromatic carbocycles. The Bertz CT molecular complexity index is 1460. The van der Waals surface area contributed by atoms with Crippen LogP contribution in [0.3, 0.4) is 0 Å². The first-order valence-electron chi connectivity index (χ1n) is 26.7. The number of aliphatic hydroxyl groups excluding tert-OH is 3. The maximum absolute atomic E-state index is 12.9. The van der Waals surface area contributed by atoms with E-state index in [1.54, 1.807) is 0 Å². The highest BCUT2D eigenvalue weighted by molar-refractivity contribution is 7.80. The molecule has 0 aliphatic carbocycles. The van der Waals surface area contributed by atoms with Crippen molar-refractivity contribution < 1.29 is 56.2 Å². The molecule has 6 unspecified atom stereocenters. The number of ether oxygens (including phenoxy) is 4. The van der Waals surface area contributed by atoms with E-state index in [9.17, 15) is 33.1 Å². The van der Waals surface area contributed by atoms with Crippen LogP contribution in [0.4, 0.5) is 0 Å². The van der Waals surface area contributed by atoms with Crippen molar-refractivity contribution in [3.05, 3.63) is 72.9 Å².